The molecule has 0 saturated heterocycles. The van der Waals surface area contributed by atoms with Gasteiger partial charge in [-0.3, -0.25) is 0 Å². The lowest BCUT2D eigenvalue weighted by Crippen LogP contribution is -2.22. The molecular formula is C14H22FNS. The number of benzene rings is 1. The fourth-order valence-electron chi connectivity index (χ4n) is 1.56. The van der Waals surface area contributed by atoms with Crippen LogP contribution in [0.15, 0.2) is 18.2 Å². The molecule has 3 heteroatoms. The summed E-state index contributed by atoms with van der Waals surface area (Å²) < 4.78 is 13.5. The van der Waals surface area contributed by atoms with Gasteiger partial charge in [0.05, 0.1) is 0 Å². The number of thioether (sulfide) groups is 1. The predicted molar refractivity (Wildman–Crippen MR) is 75.1 cm³/mol. The highest BCUT2D eigenvalue weighted by Gasteiger charge is 2.16. The van der Waals surface area contributed by atoms with Gasteiger partial charge < -0.3 is 5.32 Å². The van der Waals surface area contributed by atoms with Gasteiger partial charge in [-0.05, 0) is 31.2 Å². The third-order valence-corrected chi connectivity index (χ3v) is 3.98. The van der Waals surface area contributed by atoms with Gasteiger partial charge in [0.15, 0.2) is 0 Å². The maximum absolute atomic E-state index is 13.2. The van der Waals surface area contributed by atoms with Gasteiger partial charge in [0, 0.05) is 16.5 Å². The Kier molecular flexibility index (Phi) is 5.02. The SMILES string of the molecule is CNC(CSC(C)(C)C)c1ccc(F)c(C)c1. The molecular weight excluding hydrogens is 233 g/mol. The molecule has 1 nitrogen and oxygen atoms in total. The van der Waals surface area contributed by atoms with E-state index in [1.165, 1.54) is 0 Å². The topological polar surface area (TPSA) is 12.0 Å². The van der Waals surface area contributed by atoms with Crippen molar-refractivity contribution in [2.75, 3.05) is 12.8 Å². The zero-order chi connectivity index (χ0) is 13.1. The average molecular weight is 255 g/mol. The van der Waals surface area contributed by atoms with Crippen molar-refractivity contribution in [3.05, 3.63) is 35.1 Å². The van der Waals surface area contributed by atoms with Crippen LogP contribution >= 0.6 is 11.8 Å². The summed E-state index contributed by atoms with van der Waals surface area (Å²) in [5.41, 5.74) is 1.87. The molecule has 0 saturated carbocycles. The summed E-state index contributed by atoms with van der Waals surface area (Å²) >= 11 is 1.91. The van der Waals surface area contributed by atoms with E-state index in [1.807, 2.05) is 37.9 Å². The largest absolute Gasteiger partial charge is 0.312 e. The fraction of sp³-hybridized carbons (Fsp3) is 0.571. The quantitative estimate of drug-likeness (QED) is 0.875. The van der Waals surface area contributed by atoms with Crippen molar-refractivity contribution in [2.24, 2.45) is 0 Å². The number of nitrogens with one attached hydrogen (secondary N) is 1. The summed E-state index contributed by atoms with van der Waals surface area (Å²) in [4.78, 5) is 0. The van der Waals surface area contributed by atoms with Gasteiger partial charge in [0.1, 0.15) is 5.82 Å². The van der Waals surface area contributed by atoms with E-state index in [0.717, 1.165) is 11.3 Å². The lowest BCUT2D eigenvalue weighted by atomic mass is 10.1. The van der Waals surface area contributed by atoms with Crippen LogP contribution in [0.1, 0.15) is 37.9 Å². The molecule has 0 spiro atoms. The Labute approximate surface area is 108 Å². The van der Waals surface area contributed by atoms with Gasteiger partial charge in [-0.25, -0.2) is 4.39 Å². The van der Waals surface area contributed by atoms with Crippen molar-refractivity contribution in [3.8, 4) is 0 Å². The standard InChI is InChI=1S/C14H22FNS/c1-10-8-11(6-7-12(10)15)13(16-5)9-17-14(2,3)4/h6-8,13,16H,9H2,1-5H3. The lowest BCUT2D eigenvalue weighted by Gasteiger charge is -2.23. The summed E-state index contributed by atoms with van der Waals surface area (Å²) in [6.45, 7) is 8.43. The van der Waals surface area contributed by atoms with Crippen molar-refractivity contribution < 1.29 is 4.39 Å². The van der Waals surface area contributed by atoms with Crippen LogP contribution in [0.25, 0.3) is 0 Å². The van der Waals surface area contributed by atoms with Crippen molar-refractivity contribution in [3.63, 3.8) is 0 Å². The zero-order valence-corrected chi connectivity index (χ0v) is 12.1. The molecule has 0 aliphatic rings. The first-order valence-electron chi connectivity index (χ1n) is 5.91. The monoisotopic (exact) mass is 255 g/mol. The minimum atomic E-state index is -0.132. The molecule has 1 N–H and O–H groups in total. The number of rotatable bonds is 4. The summed E-state index contributed by atoms with van der Waals surface area (Å²) in [5, 5.41) is 3.29. The minimum absolute atomic E-state index is 0.132. The molecule has 0 radical (unpaired) electrons. The third kappa shape index (κ3) is 4.68. The molecule has 1 aromatic carbocycles. The Morgan fingerprint density at radius 2 is 2.00 bits per heavy atom. The second kappa shape index (κ2) is 5.87. The molecule has 0 bridgehead atoms. The van der Waals surface area contributed by atoms with Gasteiger partial charge in [-0.1, -0.05) is 32.9 Å². The molecule has 0 heterocycles. The summed E-state index contributed by atoms with van der Waals surface area (Å²) in [5.74, 6) is 0.859. The summed E-state index contributed by atoms with van der Waals surface area (Å²) in [7, 11) is 1.95. The van der Waals surface area contributed by atoms with Crippen LogP contribution in [0.3, 0.4) is 0 Å². The average Bonchev–Trinajstić information content (AvgIpc) is 2.22. The van der Waals surface area contributed by atoms with E-state index in [1.54, 1.807) is 6.07 Å². The van der Waals surface area contributed by atoms with Crippen LogP contribution in [0, 0.1) is 12.7 Å². The van der Waals surface area contributed by atoms with Crippen LogP contribution < -0.4 is 5.32 Å². The maximum atomic E-state index is 13.2. The number of halogens is 1. The normalized spacial score (nSPS) is 13.8. The van der Waals surface area contributed by atoms with Crippen molar-refractivity contribution in [1.82, 2.24) is 5.32 Å². The zero-order valence-electron chi connectivity index (χ0n) is 11.3. The highest BCUT2D eigenvalue weighted by molar-refractivity contribution is 8.00. The lowest BCUT2D eigenvalue weighted by molar-refractivity contribution is 0.611. The molecule has 0 fully saturated rings. The highest BCUT2D eigenvalue weighted by Crippen LogP contribution is 2.28. The Bertz CT molecular complexity index is 371. The number of aryl methyl sites for hydroxylation is 1. The van der Waals surface area contributed by atoms with Gasteiger partial charge in [0.2, 0.25) is 0 Å². The van der Waals surface area contributed by atoms with E-state index in [9.17, 15) is 4.39 Å². The molecule has 0 aliphatic heterocycles. The molecule has 17 heavy (non-hydrogen) atoms. The molecule has 1 rings (SSSR count). The molecule has 0 aromatic heterocycles. The smallest absolute Gasteiger partial charge is 0.126 e. The molecule has 96 valence electrons. The van der Waals surface area contributed by atoms with Crippen LogP contribution in [-0.4, -0.2) is 17.5 Å². The van der Waals surface area contributed by atoms with E-state index in [-0.39, 0.29) is 16.6 Å². The van der Waals surface area contributed by atoms with Gasteiger partial charge in [0.25, 0.3) is 0 Å². The van der Waals surface area contributed by atoms with Gasteiger partial charge >= 0.3 is 0 Å². The summed E-state index contributed by atoms with van der Waals surface area (Å²) in [6, 6.07) is 5.63. The first-order chi connectivity index (χ1) is 7.83. The van der Waals surface area contributed by atoms with Crippen molar-refractivity contribution >= 4 is 11.8 Å². The van der Waals surface area contributed by atoms with E-state index >= 15 is 0 Å². The van der Waals surface area contributed by atoms with E-state index in [4.69, 9.17) is 0 Å². The van der Waals surface area contributed by atoms with Gasteiger partial charge in [-0.15, -0.1) is 0 Å². The summed E-state index contributed by atoms with van der Waals surface area (Å²) in [6.07, 6.45) is 0. The Morgan fingerprint density at radius 1 is 1.35 bits per heavy atom. The minimum Gasteiger partial charge on any atom is -0.312 e. The predicted octanol–water partition coefficient (Wildman–Crippen LogP) is 3.93. The first kappa shape index (κ1) is 14.5. The Balaban J connectivity index is 2.76. The molecule has 0 aliphatic carbocycles. The van der Waals surface area contributed by atoms with E-state index < -0.39 is 0 Å². The van der Waals surface area contributed by atoms with Crippen molar-refractivity contribution in [2.45, 2.75) is 38.5 Å². The molecule has 0 amide bonds. The van der Waals surface area contributed by atoms with Crippen LogP contribution in [0.5, 0.6) is 0 Å². The van der Waals surface area contributed by atoms with Crippen LogP contribution in [0.4, 0.5) is 4.39 Å². The first-order valence-corrected chi connectivity index (χ1v) is 6.89. The Hall–Kier alpha value is -0.540. The van der Waals surface area contributed by atoms with E-state index in [0.29, 0.717) is 5.56 Å². The van der Waals surface area contributed by atoms with Gasteiger partial charge in [-0.2, -0.15) is 11.8 Å². The fourth-order valence-corrected chi connectivity index (χ4v) is 2.59. The van der Waals surface area contributed by atoms with E-state index in [2.05, 4.69) is 26.1 Å². The maximum Gasteiger partial charge on any atom is 0.126 e. The van der Waals surface area contributed by atoms with Crippen LogP contribution in [-0.2, 0) is 0 Å². The van der Waals surface area contributed by atoms with Crippen molar-refractivity contribution in [1.29, 1.82) is 0 Å². The second-order valence-corrected chi connectivity index (χ2v) is 7.12. The number of hydrogen-bond donors (Lipinski definition) is 1. The Morgan fingerprint density at radius 3 is 2.47 bits per heavy atom. The highest BCUT2D eigenvalue weighted by atomic mass is 32.2. The number of hydrogen-bond acceptors (Lipinski definition) is 2. The third-order valence-electron chi connectivity index (χ3n) is 2.62. The molecule has 1 atom stereocenters. The second-order valence-electron chi connectivity index (χ2n) is 5.27. The molecule has 1 aromatic rings. The van der Waals surface area contributed by atoms with Crippen LogP contribution in [0.2, 0.25) is 0 Å². The molecule has 1 unspecified atom stereocenters.